The number of benzene rings is 3. The molecule has 1 aromatic heterocycles. The standard InChI is InChI=1S/C25H18N4O6/c1-34-23-14-16(6-13-22(23)35-25(31)18-7-10-19(11-8-18)29(32)33)15-26-28-24(30)21-12-9-17-4-2-3-5-20(17)27-21/h2-15H,1H3,(H,28,30)/b26-15+. The molecule has 0 aliphatic rings. The predicted molar refractivity (Wildman–Crippen MR) is 128 cm³/mol. The van der Waals surface area contributed by atoms with Gasteiger partial charge in [-0.15, -0.1) is 0 Å². The molecule has 0 fully saturated rings. The predicted octanol–water partition coefficient (Wildman–Crippen LogP) is 4.13. The highest BCUT2D eigenvalue weighted by Gasteiger charge is 2.15. The van der Waals surface area contributed by atoms with Crippen LogP contribution in [0, 0.1) is 10.1 Å². The van der Waals surface area contributed by atoms with Crippen LogP contribution in [0.25, 0.3) is 10.9 Å². The molecule has 4 aromatic rings. The van der Waals surface area contributed by atoms with E-state index >= 15 is 0 Å². The summed E-state index contributed by atoms with van der Waals surface area (Å²) in [7, 11) is 1.41. The number of carbonyl (C=O) groups is 2. The molecule has 0 unspecified atom stereocenters. The SMILES string of the molecule is COc1cc(/C=N/NC(=O)c2ccc3ccccc3n2)ccc1OC(=O)c1ccc([N+](=O)[O-])cc1. The number of hydrazone groups is 1. The number of para-hydroxylation sites is 1. The lowest BCUT2D eigenvalue weighted by atomic mass is 10.2. The third kappa shape index (κ3) is 5.45. The molecule has 10 nitrogen and oxygen atoms in total. The van der Waals surface area contributed by atoms with Crippen molar-refractivity contribution in [3.63, 3.8) is 0 Å². The fourth-order valence-corrected chi connectivity index (χ4v) is 3.14. The molecule has 0 saturated heterocycles. The van der Waals surface area contributed by atoms with Crippen LogP contribution in [0.1, 0.15) is 26.4 Å². The molecule has 35 heavy (non-hydrogen) atoms. The van der Waals surface area contributed by atoms with Crippen LogP contribution in [0.3, 0.4) is 0 Å². The number of nitro benzene ring substituents is 1. The zero-order chi connectivity index (χ0) is 24.8. The van der Waals surface area contributed by atoms with Gasteiger partial charge >= 0.3 is 5.97 Å². The highest BCUT2D eigenvalue weighted by molar-refractivity contribution is 5.95. The Balaban J connectivity index is 1.42. The fourth-order valence-electron chi connectivity index (χ4n) is 3.14. The van der Waals surface area contributed by atoms with Gasteiger partial charge in [-0.3, -0.25) is 14.9 Å². The Hall–Kier alpha value is -5.12. The first-order valence-corrected chi connectivity index (χ1v) is 10.3. The van der Waals surface area contributed by atoms with Crippen LogP contribution in [0.2, 0.25) is 0 Å². The Morgan fingerprint density at radius 2 is 1.77 bits per heavy atom. The van der Waals surface area contributed by atoms with Gasteiger partial charge in [0.25, 0.3) is 11.6 Å². The lowest BCUT2D eigenvalue weighted by molar-refractivity contribution is -0.384. The van der Waals surface area contributed by atoms with Crippen LogP contribution in [-0.2, 0) is 0 Å². The molecule has 10 heteroatoms. The summed E-state index contributed by atoms with van der Waals surface area (Å²) in [6.45, 7) is 0. The third-order valence-electron chi connectivity index (χ3n) is 4.91. The van der Waals surface area contributed by atoms with Crippen molar-refractivity contribution in [2.75, 3.05) is 7.11 Å². The molecule has 0 saturated carbocycles. The maximum Gasteiger partial charge on any atom is 0.343 e. The minimum atomic E-state index is -0.699. The number of ether oxygens (including phenoxy) is 2. The van der Waals surface area contributed by atoms with Crippen molar-refractivity contribution in [3.05, 3.63) is 106 Å². The number of nitrogens with one attached hydrogen (secondary N) is 1. The molecule has 0 atom stereocenters. The number of nitro groups is 1. The van der Waals surface area contributed by atoms with Gasteiger partial charge in [-0.05, 0) is 48.0 Å². The number of methoxy groups -OCH3 is 1. The molecule has 1 heterocycles. The van der Waals surface area contributed by atoms with Gasteiger partial charge in [0, 0.05) is 17.5 Å². The number of non-ortho nitro benzene ring substituents is 1. The molecule has 0 bridgehead atoms. The minimum absolute atomic E-state index is 0.133. The minimum Gasteiger partial charge on any atom is -0.493 e. The maximum absolute atomic E-state index is 12.4. The fraction of sp³-hybridized carbons (Fsp3) is 0.0400. The second-order valence-corrected chi connectivity index (χ2v) is 7.19. The van der Waals surface area contributed by atoms with Gasteiger partial charge in [0.1, 0.15) is 5.69 Å². The molecule has 174 valence electrons. The highest BCUT2D eigenvalue weighted by Crippen LogP contribution is 2.28. The summed E-state index contributed by atoms with van der Waals surface area (Å²) >= 11 is 0. The number of amides is 1. The molecular weight excluding hydrogens is 452 g/mol. The molecule has 0 aliphatic carbocycles. The molecule has 4 rings (SSSR count). The van der Waals surface area contributed by atoms with Crippen LogP contribution in [0.4, 0.5) is 5.69 Å². The third-order valence-corrected chi connectivity index (χ3v) is 4.91. The quantitative estimate of drug-likeness (QED) is 0.141. The summed E-state index contributed by atoms with van der Waals surface area (Å²) < 4.78 is 10.6. The van der Waals surface area contributed by atoms with Crippen molar-refractivity contribution < 1.29 is 24.0 Å². The number of esters is 1. The number of pyridine rings is 1. The van der Waals surface area contributed by atoms with Crippen LogP contribution in [0.15, 0.2) is 84.0 Å². The summed E-state index contributed by atoms with van der Waals surface area (Å²) in [6, 6.07) is 20.6. The van der Waals surface area contributed by atoms with Gasteiger partial charge in [0.05, 0.1) is 29.3 Å². The Labute approximate surface area is 199 Å². The Morgan fingerprint density at radius 3 is 2.51 bits per heavy atom. The van der Waals surface area contributed by atoms with Gasteiger partial charge in [-0.1, -0.05) is 24.3 Å². The van der Waals surface area contributed by atoms with E-state index in [0.717, 1.165) is 5.39 Å². The van der Waals surface area contributed by atoms with E-state index in [9.17, 15) is 19.7 Å². The number of carbonyl (C=O) groups excluding carboxylic acids is 2. The van der Waals surface area contributed by atoms with E-state index in [0.29, 0.717) is 11.1 Å². The monoisotopic (exact) mass is 470 g/mol. The molecule has 0 aliphatic heterocycles. The molecule has 3 aromatic carbocycles. The first-order chi connectivity index (χ1) is 16.9. The summed E-state index contributed by atoms with van der Waals surface area (Å²) in [5, 5.41) is 15.6. The number of aromatic nitrogens is 1. The molecule has 1 N–H and O–H groups in total. The Bertz CT molecular complexity index is 1450. The molecule has 0 spiro atoms. The summed E-state index contributed by atoms with van der Waals surface area (Å²) in [6.07, 6.45) is 1.41. The topological polar surface area (TPSA) is 133 Å². The number of rotatable bonds is 7. The van der Waals surface area contributed by atoms with Gasteiger partial charge in [-0.2, -0.15) is 5.10 Å². The van der Waals surface area contributed by atoms with E-state index in [1.165, 1.54) is 43.7 Å². The summed E-state index contributed by atoms with van der Waals surface area (Å²) in [5.41, 5.74) is 3.94. The van der Waals surface area contributed by atoms with E-state index in [2.05, 4.69) is 15.5 Å². The molecule has 0 radical (unpaired) electrons. The van der Waals surface area contributed by atoms with Crippen LogP contribution in [0.5, 0.6) is 11.5 Å². The lowest BCUT2D eigenvalue weighted by Crippen LogP contribution is -2.18. The largest absolute Gasteiger partial charge is 0.493 e. The Kier molecular flexibility index (Phi) is 6.73. The zero-order valence-corrected chi connectivity index (χ0v) is 18.4. The van der Waals surface area contributed by atoms with Crippen molar-refractivity contribution >= 4 is 34.7 Å². The maximum atomic E-state index is 12.4. The normalized spacial score (nSPS) is 10.8. The van der Waals surface area contributed by atoms with Crippen LogP contribution in [-0.4, -0.2) is 35.1 Å². The van der Waals surface area contributed by atoms with Gasteiger partial charge in [-0.25, -0.2) is 15.2 Å². The first-order valence-electron chi connectivity index (χ1n) is 10.3. The molecule has 1 amide bonds. The van der Waals surface area contributed by atoms with E-state index in [1.807, 2.05) is 30.3 Å². The second kappa shape index (κ2) is 10.2. The van der Waals surface area contributed by atoms with E-state index in [4.69, 9.17) is 9.47 Å². The van der Waals surface area contributed by atoms with Gasteiger partial charge in [0.2, 0.25) is 0 Å². The Morgan fingerprint density at radius 1 is 1.00 bits per heavy atom. The summed E-state index contributed by atoms with van der Waals surface area (Å²) in [4.78, 5) is 39.3. The van der Waals surface area contributed by atoms with Crippen molar-refractivity contribution in [1.82, 2.24) is 10.4 Å². The van der Waals surface area contributed by atoms with Gasteiger partial charge in [0.15, 0.2) is 11.5 Å². The average molecular weight is 470 g/mol. The van der Waals surface area contributed by atoms with Crippen molar-refractivity contribution in [3.8, 4) is 11.5 Å². The summed E-state index contributed by atoms with van der Waals surface area (Å²) in [5.74, 6) is -0.758. The smallest absolute Gasteiger partial charge is 0.343 e. The number of hydrogen-bond acceptors (Lipinski definition) is 8. The second-order valence-electron chi connectivity index (χ2n) is 7.19. The number of hydrogen-bond donors (Lipinski definition) is 1. The first kappa shape index (κ1) is 23.1. The van der Waals surface area contributed by atoms with Gasteiger partial charge < -0.3 is 9.47 Å². The van der Waals surface area contributed by atoms with E-state index in [1.54, 1.807) is 18.2 Å². The van der Waals surface area contributed by atoms with Crippen LogP contribution >= 0.6 is 0 Å². The molecular formula is C25H18N4O6. The highest BCUT2D eigenvalue weighted by atomic mass is 16.6. The van der Waals surface area contributed by atoms with Crippen molar-refractivity contribution in [2.45, 2.75) is 0 Å². The van der Waals surface area contributed by atoms with E-state index < -0.39 is 16.8 Å². The number of fused-ring (bicyclic) bond motifs is 1. The van der Waals surface area contributed by atoms with Crippen molar-refractivity contribution in [1.29, 1.82) is 0 Å². The lowest BCUT2D eigenvalue weighted by Gasteiger charge is -2.10. The average Bonchev–Trinajstić information content (AvgIpc) is 2.89. The van der Waals surface area contributed by atoms with E-state index in [-0.39, 0.29) is 28.4 Å². The van der Waals surface area contributed by atoms with Crippen molar-refractivity contribution in [2.24, 2.45) is 5.10 Å². The zero-order valence-electron chi connectivity index (χ0n) is 18.4. The number of nitrogens with zero attached hydrogens (tertiary/aromatic N) is 3. The van der Waals surface area contributed by atoms with Crippen LogP contribution < -0.4 is 14.9 Å².